The van der Waals surface area contributed by atoms with E-state index >= 15 is 0 Å². The first-order valence-corrected chi connectivity index (χ1v) is 7.22. The van der Waals surface area contributed by atoms with Crippen molar-refractivity contribution in [1.29, 1.82) is 0 Å². The molecule has 2 rings (SSSR count). The van der Waals surface area contributed by atoms with Crippen LogP contribution in [0.15, 0.2) is 30.3 Å². The maximum atomic E-state index is 12.2. The second-order valence-electron chi connectivity index (χ2n) is 3.79. The third kappa shape index (κ3) is 2.61. The van der Waals surface area contributed by atoms with Crippen LogP contribution in [0.1, 0.15) is 6.42 Å². The smallest absolute Gasteiger partial charge is 0.255 e. The average Bonchev–Trinajstić information content (AvgIpc) is 2.63. The van der Waals surface area contributed by atoms with Crippen LogP contribution in [-0.2, 0) is 4.79 Å². The van der Waals surface area contributed by atoms with Crippen molar-refractivity contribution in [1.82, 2.24) is 5.32 Å². The first kappa shape index (κ1) is 12.4. The van der Waals surface area contributed by atoms with Gasteiger partial charge >= 0.3 is 0 Å². The van der Waals surface area contributed by atoms with Crippen molar-refractivity contribution in [2.24, 2.45) is 0 Å². The van der Waals surface area contributed by atoms with Gasteiger partial charge in [-0.2, -0.15) is 11.8 Å². The summed E-state index contributed by atoms with van der Waals surface area (Å²) < 4.78 is 0. The SMILES string of the molecule is CSCC[C@H]1NC(=S)N(c2ccccc2)C1=O. The van der Waals surface area contributed by atoms with Crippen LogP contribution in [-0.4, -0.2) is 29.1 Å². The molecule has 1 amide bonds. The molecule has 1 heterocycles. The molecule has 1 N–H and O–H groups in total. The topological polar surface area (TPSA) is 32.3 Å². The minimum atomic E-state index is -0.171. The lowest BCUT2D eigenvalue weighted by atomic mass is 10.2. The third-order valence-electron chi connectivity index (χ3n) is 2.64. The van der Waals surface area contributed by atoms with Crippen molar-refractivity contribution in [2.75, 3.05) is 16.9 Å². The Morgan fingerprint density at radius 1 is 1.41 bits per heavy atom. The molecule has 1 aliphatic heterocycles. The summed E-state index contributed by atoms with van der Waals surface area (Å²) in [6, 6.07) is 9.34. The van der Waals surface area contributed by atoms with Crippen molar-refractivity contribution in [2.45, 2.75) is 12.5 Å². The predicted molar refractivity (Wildman–Crippen MR) is 76.4 cm³/mol. The van der Waals surface area contributed by atoms with Crippen LogP contribution < -0.4 is 10.2 Å². The summed E-state index contributed by atoms with van der Waals surface area (Å²) >= 11 is 6.95. The van der Waals surface area contributed by atoms with Gasteiger partial charge in [-0.3, -0.25) is 9.69 Å². The van der Waals surface area contributed by atoms with Gasteiger partial charge in [0.2, 0.25) is 0 Å². The van der Waals surface area contributed by atoms with Gasteiger partial charge < -0.3 is 5.32 Å². The molecule has 1 aliphatic rings. The Balaban J connectivity index is 2.15. The Hall–Kier alpha value is -1.07. The Bertz CT molecular complexity index is 422. The number of nitrogens with zero attached hydrogens (tertiary/aromatic N) is 1. The Labute approximate surface area is 111 Å². The highest BCUT2D eigenvalue weighted by Crippen LogP contribution is 2.20. The summed E-state index contributed by atoms with van der Waals surface area (Å²) in [5.41, 5.74) is 0.835. The lowest BCUT2D eigenvalue weighted by Crippen LogP contribution is -2.31. The molecule has 0 unspecified atom stereocenters. The first-order valence-electron chi connectivity index (χ1n) is 5.42. The van der Waals surface area contributed by atoms with Crippen LogP contribution in [0.4, 0.5) is 5.69 Å². The van der Waals surface area contributed by atoms with Crippen LogP contribution in [0.5, 0.6) is 0 Å². The summed E-state index contributed by atoms with van der Waals surface area (Å²) in [6.07, 6.45) is 2.84. The number of thioether (sulfide) groups is 1. The minimum absolute atomic E-state index is 0.0512. The van der Waals surface area contributed by atoms with Gasteiger partial charge in [0.25, 0.3) is 5.91 Å². The number of hydrogen-bond acceptors (Lipinski definition) is 3. The fraction of sp³-hybridized carbons (Fsp3) is 0.333. The van der Waals surface area contributed by atoms with Crippen molar-refractivity contribution in [3.05, 3.63) is 30.3 Å². The van der Waals surface area contributed by atoms with Gasteiger partial charge in [0.15, 0.2) is 5.11 Å². The van der Waals surface area contributed by atoms with E-state index in [1.54, 1.807) is 16.7 Å². The fourth-order valence-electron chi connectivity index (χ4n) is 1.78. The van der Waals surface area contributed by atoms with Gasteiger partial charge in [0, 0.05) is 0 Å². The minimum Gasteiger partial charge on any atom is -0.350 e. The molecule has 0 spiro atoms. The van der Waals surface area contributed by atoms with E-state index in [4.69, 9.17) is 12.2 Å². The van der Waals surface area contributed by atoms with Crippen molar-refractivity contribution in [3.63, 3.8) is 0 Å². The molecule has 1 aromatic rings. The van der Waals surface area contributed by atoms with Crippen LogP contribution in [0.25, 0.3) is 0 Å². The van der Waals surface area contributed by atoms with Crippen molar-refractivity contribution >= 4 is 40.7 Å². The number of rotatable bonds is 4. The summed E-state index contributed by atoms with van der Waals surface area (Å²) in [7, 11) is 0. The van der Waals surface area contributed by atoms with Gasteiger partial charge in [0.1, 0.15) is 6.04 Å². The zero-order chi connectivity index (χ0) is 12.3. The highest BCUT2D eigenvalue weighted by Gasteiger charge is 2.35. The number of hydrogen-bond donors (Lipinski definition) is 1. The standard InChI is InChI=1S/C12H14N2OS2/c1-17-8-7-10-11(15)14(12(16)13-10)9-5-3-2-4-6-9/h2-6,10H,7-8H2,1H3,(H,13,16)/t10-/m1/s1. The van der Waals surface area contributed by atoms with E-state index in [1.165, 1.54) is 0 Å². The molecule has 0 saturated carbocycles. The van der Waals surface area contributed by atoms with Crippen LogP contribution >= 0.6 is 24.0 Å². The van der Waals surface area contributed by atoms with Gasteiger partial charge in [0.05, 0.1) is 5.69 Å². The maximum absolute atomic E-state index is 12.2. The zero-order valence-electron chi connectivity index (χ0n) is 9.55. The van der Waals surface area contributed by atoms with E-state index < -0.39 is 0 Å². The maximum Gasteiger partial charge on any atom is 0.255 e. The van der Waals surface area contributed by atoms with E-state index in [0.29, 0.717) is 5.11 Å². The lowest BCUT2D eigenvalue weighted by molar-refractivity contribution is -0.118. The van der Waals surface area contributed by atoms with E-state index in [9.17, 15) is 4.79 Å². The number of nitrogens with one attached hydrogen (secondary N) is 1. The number of amides is 1. The monoisotopic (exact) mass is 266 g/mol. The molecule has 0 aromatic heterocycles. The van der Waals surface area contributed by atoms with Crippen LogP contribution in [0.3, 0.4) is 0 Å². The molecule has 90 valence electrons. The summed E-state index contributed by atoms with van der Waals surface area (Å²) in [5.74, 6) is 1.00. The zero-order valence-corrected chi connectivity index (χ0v) is 11.2. The van der Waals surface area contributed by atoms with E-state index in [1.807, 2.05) is 36.6 Å². The van der Waals surface area contributed by atoms with E-state index in [0.717, 1.165) is 17.9 Å². The lowest BCUT2D eigenvalue weighted by Gasteiger charge is -2.14. The van der Waals surface area contributed by atoms with E-state index in [2.05, 4.69) is 5.32 Å². The normalized spacial score (nSPS) is 19.6. The van der Waals surface area contributed by atoms with Gasteiger partial charge in [-0.25, -0.2) is 0 Å². The summed E-state index contributed by atoms with van der Waals surface area (Å²) in [5, 5.41) is 3.59. The number of thiocarbonyl (C=S) groups is 1. The molecule has 5 heteroatoms. The number of para-hydroxylation sites is 1. The largest absolute Gasteiger partial charge is 0.350 e. The number of carbonyl (C=O) groups is 1. The summed E-state index contributed by atoms with van der Waals surface area (Å²) in [4.78, 5) is 13.8. The molecule has 3 nitrogen and oxygen atoms in total. The molecule has 1 saturated heterocycles. The van der Waals surface area contributed by atoms with Crippen LogP contribution in [0, 0.1) is 0 Å². The highest BCUT2D eigenvalue weighted by atomic mass is 32.2. The Morgan fingerprint density at radius 3 is 2.76 bits per heavy atom. The van der Waals surface area contributed by atoms with E-state index in [-0.39, 0.29) is 11.9 Å². The van der Waals surface area contributed by atoms with Crippen molar-refractivity contribution in [3.8, 4) is 0 Å². The number of anilines is 1. The Morgan fingerprint density at radius 2 is 2.12 bits per heavy atom. The van der Waals surface area contributed by atoms with Gasteiger partial charge in [-0.05, 0) is 42.8 Å². The summed E-state index contributed by atoms with van der Waals surface area (Å²) in [6.45, 7) is 0. The molecule has 0 aliphatic carbocycles. The molecule has 0 radical (unpaired) electrons. The molecule has 1 atom stereocenters. The van der Waals surface area contributed by atoms with Gasteiger partial charge in [-0.15, -0.1) is 0 Å². The molecule has 1 aromatic carbocycles. The molecule has 0 bridgehead atoms. The predicted octanol–water partition coefficient (Wildman–Crippen LogP) is 2.03. The molecule has 1 fully saturated rings. The first-order chi connectivity index (χ1) is 8.24. The number of carbonyl (C=O) groups excluding carboxylic acids is 1. The fourth-order valence-corrected chi connectivity index (χ4v) is 2.59. The molecule has 17 heavy (non-hydrogen) atoms. The average molecular weight is 266 g/mol. The van der Waals surface area contributed by atoms with Crippen LogP contribution in [0.2, 0.25) is 0 Å². The second kappa shape index (κ2) is 5.51. The molecular formula is C12H14N2OS2. The number of benzene rings is 1. The van der Waals surface area contributed by atoms with Crippen molar-refractivity contribution < 1.29 is 4.79 Å². The highest BCUT2D eigenvalue weighted by molar-refractivity contribution is 7.98. The Kier molecular flexibility index (Phi) is 4.02. The third-order valence-corrected chi connectivity index (χ3v) is 3.59. The van der Waals surface area contributed by atoms with Gasteiger partial charge in [-0.1, -0.05) is 18.2 Å². The second-order valence-corrected chi connectivity index (χ2v) is 5.17. The molecular weight excluding hydrogens is 252 g/mol. The quantitative estimate of drug-likeness (QED) is 0.845.